The molecule has 0 saturated carbocycles. The summed E-state index contributed by atoms with van der Waals surface area (Å²) in [7, 11) is -4.67. The fraction of sp³-hybridized carbons (Fsp3) is 0.412. The molecule has 32 heavy (non-hydrogen) atoms. The molecule has 0 unspecified atom stereocenters. The Morgan fingerprint density at radius 2 is 1.59 bits per heavy atom. The van der Waals surface area contributed by atoms with Gasteiger partial charge in [-0.25, -0.2) is 9.78 Å². The molecule has 0 fully saturated rings. The van der Waals surface area contributed by atoms with Crippen LogP contribution in [0.1, 0.15) is 11.1 Å². The van der Waals surface area contributed by atoms with Crippen molar-refractivity contribution in [2.45, 2.75) is 38.7 Å². The molecular weight excluding hydrogens is 452 g/mol. The second-order valence-electron chi connectivity index (χ2n) is 6.95. The van der Waals surface area contributed by atoms with Gasteiger partial charge in [0.25, 0.3) is 5.56 Å². The lowest BCUT2D eigenvalue weighted by atomic mass is 10.1. The number of nitrogens with zero attached hydrogens (tertiary/aromatic N) is 3. The molecule has 0 aliphatic carbocycles. The summed E-state index contributed by atoms with van der Waals surface area (Å²) in [5.41, 5.74) is 1.11. The lowest BCUT2D eigenvalue weighted by Gasteiger charge is -2.25. The Morgan fingerprint density at radius 3 is 2.16 bits per heavy atom. The van der Waals surface area contributed by atoms with Crippen LogP contribution in [0.2, 0.25) is 0 Å². The molecule has 15 heteroatoms. The van der Waals surface area contributed by atoms with Crippen LogP contribution in [0, 0.1) is 13.8 Å². The molecule has 3 atom stereocenters. The Bertz CT molecular complexity index is 1300. The monoisotopic (exact) mass is 474 g/mol. The van der Waals surface area contributed by atoms with Crippen LogP contribution in [-0.2, 0) is 16.9 Å². The van der Waals surface area contributed by atoms with Crippen molar-refractivity contribution >= 4 is 21.4 Å². The predicted octanol–water partition coefficient (Wildman–Crippen LogP) is -2.38. The van der Waals surface area contributed by atoms with E-state index < -0.39 is 46.6 Å². The number of aromatic nitrogens is 4. The summed E-state index contributed by atoms with van der Waals surface area (Å²) >= 11 is 0. The fourth-order valence-corrected chi connectivity index (χ4v) is 2.89. The molecule has 176 valence electrons. The predicted molar refractivity (Wildman–Crippen MR) is 110 cm³/mol. The molecule has 0 saturated heterocycles. The molecule has 0 spiro atoms. The summed E-state index contributed by atoms with van der Waals surface area (Å²) in [6, 6.07) is 3.53. The number of hydrogen-bond donors (Lipinski definition) is 7. The highest BCUT2D eigenvalue weighted by Gasteiger charge is 2.27. The topological polar surface area (TPSA) is 236 Å². The first-order valence-electron chi connectivity index (χ1n) is 8.99. The zero-order valence-corrected chi connectivity index (χ0v) is 17.7. The standard InChI is InChI=1S/C17H20N4O6.H2O4S/c1-7-3-9-10(4-8(7)2)21(5-11(23)14(25)12(24)6-22)15-13(18-9)16(26)20-17(27)19-15;1-5(2,3)4/h3-4,11-12,14,22-25H,5-6H2,1-2H3,(H,20,26,27);(H2,1,2,3,4)/t11-,12+,14-;/m0./s1. The van der Waals surface area contributed by atoms with Gasteiger partial charge in [-0.15, -0.1) is 0 Å². The number of H-pyrrole nitrogens is 1. The molecular formula is C17H22N4O10S. The molecule has 1 aromatic carbocycles. The Kier molecular flexibility index (Phi) is 7.79. The fourth-order valence-electron chi connectivity index (χ4n) is 2.89. The maximum absolute atomic E-state index is 12.2. The Hall–Kier alpha value is -2.79. The minimum atomic E-state index is -4.67. The second-order valence-corrected chi connectivity index (χ2v) is 7.84. The summed E-state index contributed by atoms with van der Waals surface area (Å²) < 4.78 is 33.0. The van der Waals surface area contributed by atoms with Crippen LogP contribution in [0.5, 0.6) is 0 Å². The average molecular weight is 474 g/mol. The smallest absolute Gasteiger partial charge is 0.394 e. The van der Waals surface area contributed by atoms with E-state index in [4.69, 9.17) is 22.6 Å². The first-order chi connectivity index (χ1) is 14.7. The molecule has 0 amide bonds. The zero-order valence-electron chi connectivity index (χ0n) is 16.9. The highest BCUT2D eigenvalue weighted by molar-refractivity contribution is 7.79. The van der Waals surface area contributed by atoms with Crippen molar-refractivity contribution in [3.63, 3.8) is 0 Å². The van der Waals surface area contributed by atoms with E-state index >= 15 is 0 Å². The summed E-state index contributed by atoms with van der Waals surface area (Å²) in [6.45, 7) is 2.73. The molecule has 0 bridgehead atoms. The Balaban J connectivity index is 0.000000654. The van der Waals surface area contributed by atoms with Crippen LogP contribution in [-0.4, -0.2) is 82.4 Å². The van der Waals surface area contributed by atoms with Gasteiger partial charge in [0.15, 0.2) is 11.5 Å². The molecule has 0 aromatic heterocycles. The maximum atomic E-state index is 12.2. The molecule has 0 radical (unpaired) electrons. The largest absolute Gasteiger partial charge is 0.394 e. The van der Waals surface area contributed by atoms with Gasteiger partial charge in [-0.1, -0.05) is 0 Å². The first-order valence-corrected chi connectivity index (χ1v) is 10.4. The van der Waals surface area contributed by atoms with Crippen LogP contribution in [0.15, 0.2) is 21.7 Å². The number of benzene rings is 1. The lowest BCUT2D eigenvalue weighted by molar-refractivity contribution is -0.0802. The van der Waals surface area contributed by atoms with Gasteiger partial charge in [-0.3, -0.25) is 18.9 Å². The van der Waals surface area contributed by atoms with E-state index in [-0.39, 0.29) is 18.1 Å². The highest BCUT2D eigenvalue weighted by Crippen LogP contribution is 2.24. The van der Waals surface area contributed by atoms with Crippen LogP contribution >= 0.6 is 0 Å². The van der Waals surface area contributed by atoms with Gasteiger partial charge in [0.2, 0.25) is 0 Å². The van der Waals surface area contributed by atoms with Crippen LogP contribution < -0.4 is 11.2 Å². The van der Waals surface area contributed by atoms with E-state index in [0.29, 0.717) is 11.0 Å². The number of nitrogens with one attached hydrogen (secondary N) is 1. The van der Waals surface area contributed by atoms with Crippen LogP contribution in [0.25, 0.3) is 22.6 Å². The van der Waals surface area contributed by atoms with Gasteiger partial charge < -0.3 is 25.0 Å². The highest BCUT2D eigenvalue weighted by atomic mass is 32.3. The van der Waals surface area contributed by atoms with Gasteiger partial charge in [0, 0.05) is 0 Å². The molecule has 7 N–H and O–H groups in total. The Morgan fingerprint density at radius 1 is 1.03 bits per heavy atom. The third-order valence-electron chi connectivity index (χ3n) is 4.57. The van der Waals surface area contributed by atoms with Crippen molar-refractivity contribution in [3.05, 3.63) is 44.1 Å². The second kappa shape index (κ2) is 9.78. The third kappa shape index (κ3) is 6.13. The van der Waals surface area contributed by atoms with E-state index in [0.717, 1.165) is 11.1 Å². The number of fused-ring (bicyclic) bond motifs is 2. The molecule has 1 aromatic rings. The number of aromatic amines is 1. The third-order valence-corrected chi connectivity index (χ3v) is 4.57. The van der Waals surface area contributed by atoms with Crippen molar-refractivity contribution in [3.8, 4) is 11.5 Å². The van der Waals surface area contributed by atoms with E-state index in [1.54, 1.807) is 12.1 Å². The van der Waals surface area contributed by atoms with Gasteiger partial charge >= 0.3 is 16.1 Å². The van der Waals surface area contributed by atoms with Gasteiger partial charge in [0.1, 0.15) is 18.3 Å². The van der Waals surface area contributed by atoms with Gasteiger partial charge in [-0.05, 0) is 37.1 Å². The maximum Gasteiger partial charge on any atom is 0.394 e. The summed E-state index contributed by atoms with van der Waals surface area (Å²) in [6.07, 6.45) is -4.68. The van der Waals surface area contributed by atoms with E-state index in [2.05, 4.69) is 15.0 Å². The molecule has 2 aliphatic rings. The van der Waals surface area contributed by atoms with Crippen LogP contribution in [0.4, 0.5) is 0 Å². The first kappa shape index (κ1) is 25.5. The summed E-state index contributed by atoms with van der Waals surface area (Å²) in [4.78, 5) is 34.0. The van der Waals surface area contributed by atoms with Crippen molar-refractivity contribution in [2.75, 3.05) is 6.61 Å². The van der Waals surface area contributed by atoms with Crippen molar-refractivity contribution in [2.24, 2.45) is 0 Å². The lowest BCUT2D eigenvalue weighted by Crippen LogP contribution is -2.42. The normalized spacial score (nSPS) is 14.6. The van der Waals surface area contributed by atoms with E-state index in [9.17, 15) is 24.9 Å². The van der Waals surface area contributed by atoms with E-state index in [1.165, 1.54) is 4.57 Å². The Labute approximate surface area is 180 Å². The molecule has 2 heterocycles. The van der Waals surface area contributed by atoms with E-state index in [1.807, 2.05) is 13.8 Å². The van der Waals surface area contributed by atoms with Crippen molar-refractivity contribution < 1.29 is 37.9 Å². The number of aliphatic hydroxyl groups excluding tert-OH is 4. The number of rotatable bonds is 5. The quantitative estimate of drug-likeness (QED) is 0.152. The van der Waals surface area contributed by atoms with Gasteiger partial charge in [0.05, 0.1) is 24.2 Å². The minimum absolute atomic E-state index is 0.0516. The molecule has 2 aliphatic heterocycles. The average Bonchev–Trinajstić information content (AvgIpc) is 2.67. The summed E-state index contributed by atoms with van der Waals surface area (Å²) in [5, 5.41) is 38.8. The zero-order chi connectivity index (χ0) is 24.4. The van der Waals surface area contributed by atoms with Crippen LogP contribution in [0.3, 0.4) is 0 Å². The van der Waals surface area contributed by atoms with Crippen molar-refractivity contribution in [1.29, 1.82) is 0 Å². The SMILES string of the molecule is Cc1cc2nc3c(=O)[nH]c(=O)nc-3n(C[C@H](O)[C@H](O)[C@H](O)CO)c2cc1C.O=S(=O)(O)O. The number of aryl methyl sites for hydroxylation is 2. The minimum Gasteiger partial charge on any atom is -0.394 e. The van der Waals surface area contributed by atoms with Gasteiger partial charge in [-0.2, -0.15) is 13.4 Å². The molecule has 3 rings (SSSR count). The number of hydrogen-bond acceptors (Lipinski definition) is 10. The summed E-state index contributed by atoms with van der Waals surface area (Å²) in [5.74, 6) is -0.0516. The number of aliphatic hydroxyl groups is 4. The van der Waals surface area contributed by atoms with Crippen molar-refractivity contribution in [1.82, 2.24) is 19.5 Å². The molecule has 14 nitrogen and oxygen atoms in total.